The number of imidazole rings is 1. The maximum absolute atomic E-state index is 12.6. The lowest BCUT2D eigenvalue weighted by Gasteiger charge is -2.51. The van der Waals surface area contributed by atoms with E-state index in [9.17, 15) is 13.2 Å². The van der Waals surface area contributed by atoms with Gasteiger partial charge in [0.25, 0.3) is 5.17 Å². The zero-order chi connectivity index (χ0) is 36.1. The average Bonchev–Trinajstić information content (AvgIpc) is 3.58. The number of amides is 1. The fraction of sp³-hybridized carbons (Fsp3) is 0.774. The van der Waals surface area contributed by atoms with Crippen molar-refractivity contribution >= 4 is 67.2 Å². The SMILES string of the molecule is CC(C)C(=O)Nc1ncnc2c1ncn2C1OC2CO[Si](C(C)C)(C(C)C)O[Si](C(C)C)(C(C)C)OC2C1OC(=S)N1CCS(=O)(=O)CC1. The van der Waals surface area contributed by atoms with E-state index in [0.717, 1.165) is 0 Å². The summed E-state index contributed by atoms with van der Waals surface area (Å²) >= 11 is 5.83. The molecule has 0 radical (unpaired) electrons. The summed E-state index contributed by atoms with van der Waals surface area (Å²) in [5.41, 5.74) is 1.25. The van der Waals surface area contributed by atoms with Crippen molar-refractivity contribution in [3.63, 3.8) is 0 Å². The number of carbonyl (C=O) groups excluding carboxylic acids is 1. The third-order valence-electron chi connectivity index (χ3n) is 9.86. The van der Waals surface area contributed by atoms with Crippen molar-refractivity contribution in [1.29, 1.82) is 0 Å². The Hall–Kier alpha value is -2.07. The number of thiocarbonyl (C=S) groups is 1. The molecule has 3 fully saturated rings. The van der Waals surface area contributed by atoms with Crippen LogP contribution < -0.4 is 5.32 Å². The molecule has 49 heavy (non-hydrogen) atoms. The summed E-state index contributed by atoms with van der Waals surface area (Å²) in [6.45, 7) is 21.5. The average molecular weight is 757 g/mol. The standard InChI is InChI=1S/C31H52N6O8S2Si2/c1-18(2)29(38)35-27-24-28(33-16-32-27)37(17-34-24)30-26(43-31(46)36-11-13-47(39,40)14-12-36)25-23(42-30)15-41-48(19(3)4,20(5)6)45-49(44-25,21(7)8)22(9)10/h16-23,25-26,30H,11-15H2,1-10H3,(H,32,33,35,38). The highest BCUT2D eigenvalue weighted by atomic mass is 32.2. The molecule has 0 aliphatic carbocycles. The Balaban J connectivity index is 1.60. The monoisotopic (exact) mass is 756 g/mol. The van der Waals surface area contributed by atoms with Crippen LogP contribution >= 0.6 is 12.2 Å². The Kier molecular flexibility index (Phi) is 11.3. The zero-order valence-electron chi connectivity index (χ0n) is 30.2. The highest BCUT2D eigenvalue weighted by molar-refractivity contribution is 7.91. The molecule has 0 aromatic carbocycles. The molecule has 4 atom stereocenters. The van der Waals surface area contributed by atoms with E-state index in [1.807, 2.05) is 0 Å². The van der Waals surface area contributed by atoms with Crippen LogP contribution in [0, 0.1) is 5.92 Å². The highest BCUT2D eigenvalue weighted by Crippen LogP contribution is 2.49. The van der Waals surface area contributed by atoms with Gasteiger partial charge < -0.3 is 32.7 Å². The van der Waals surface area contributed by atoms with Gasteiger partial charge in [0.15, 0.2) is 39.2 Å². The molecule has 1 amide bonds. The molecule has 4 unspecified atom stereocenters. The molecule has 5 rings (SSSR count). The zero-order valence-corrected chi connectivity index (χ0v) is 33.8. The number of rotatable bonds is 8. The molecule has 3 aliphatic rings. The van der Waals surface area contributed by atoms with Crippen molar-refractivity contribution in [1.82, 2.24) is 24.4 Å². The Labute approximate surface area is 297 Å². The lowest BCUT2D eigenvalue weighted by Crippen LogP contribution is -2.66. The maximum Gasteiger partial charge on any atom is 0.335 e. The first kappa shape index (κ1) is 38.2. The van der Waals surface area contributed by atoms with Gasteiger partial charge in [-0.1, -0.05) is 69.2 Å². The summed E-state index contributed by atoms with van der Waals surface area (Å²) in [5.74, 6) is -0.182. The van der Waals surface area contributed by atoms with E-state index < -0.39 is 51.5 Å². The molecule has 14 nitrogen and oxygen atoms in total. The first-order valence-corrected chi connectivity index (χ1v) is 23.4. The fourth-order valence-electron chi connectivity index (χ4n) is 6.95. The minimum Gasteiger partial charge on any atom is -0.460 e. The van der Waals surface area contributed by atoms with E-state index in [2.05, 4.69) is 75.7 Å². The van der Waals surface area contributed by atoms with E-state index in [4.69, 9.17) is 34.7 Å². The number of hydrogen-bond donors (Lipinski definition) is 1. The highest BCUT2D eigenvalue weighted by Gasteiger charge is 2.62. The molecule has 0 bridgehead atoms. The summed E-state index contributed by atoms with van der Waals surface area (Å²) in [7, 11) is -9.08. The first-order chi connectivity index (χ1) is 22.9. The molecule has 0 saturated carbocycles. The van der Waals surface area contributed by atoms with Crippen LogP contribution in [0.3, 0.4) is 0 Å². The first-order valence-electron chi connectivity index (χ1n) is 17.2. The van der Waals surface area contributed by atoms with E-state index >= 15 is 0 Å². The quantitative estimate of drug-likeness (QED) is 0.293. The van der Waals surface area contributed by atoms with Crippen molar-refractivity contribution in [2.45, 2.75) is 116 Å². The minimum atomic E-state index is -3.14. The summed E-state index contributed by atoms with van der Waals surface area (Å²) in [5, 5.41) is 3.01. The topological polar surface area (TPSA) is 156 Å². The summed E-state index contributed by atoms with van der Waals surface area (Å²) in [6, 6.07) is 0. The molecule has 5 heterocycles. The molecule has 1 N–H and O–H groups in total. The largest absolute Gasteiger partial charge is 0.460 e. The van der Waals surface area contributed by atoms with Crippen LogP contribution in [0.2, 0.25) is 22.2 Å². The van der Waals surface area contributed by atoms with Crippen molar-refractivity contribution in [2.75, 3.05) is 36.5 Å². The molecular weight excluding hydrogens is 705 g/mol. The number of anilines is 1. The normalized spacial score (nSPS) is 26.7. The van der Waals surface area contributed by atoms with Gasteiger partial charge in [-0.15, -0.1) is 0 Å². The molecule has 18 heteroatoms. The predicted octanol–water partition coefficient (Wildman–Crippen LogP) is 4.68. The molecule has 0 spiro atoms. The van der Waals surface area contributed by atoms with Crippen LogP contribution in [0.1, 0.15) is 75.5 Å². The molecule has 274 valence electrons. The third kappa shape index (κ3) is 7.34. The van der Waals surface area contributed by atoms with Crippen LogP contribution in [-0.2, 0) is 37.1 Å². The van der Waals surface area contributed by atoms with Crippen molar-refractivity contribution in [2.24, 2.45) is 5.92 Å². The van der Waals surface area contributed by atoms with E-state index in [1.54, 1.807) is 29.6 Å². The maximum atomic E-state index is 12.6. The van der Waals surface area contributed by atoms with Crippen molar-refractivity contribution in [3.05, 3.63) is 12.7 Å². The number of aromatic nitrogens is 4. The van der Waals surface area contributed by atoms with Crippen molar-refractivity contribution < 1.29 is 35.7 Å². The van der Waals surface area contributed by atoms with Crippen molar-refractivity contribution in [3.8, 4) is 0 Å². The van der Waals surface area contributed by atoms with Crippen LogP contribution in [0.4, 0.5) is 5.82 Å². The number of hydrogen-bond acceptors (Lipinski definition) is 12. The Bertz CT molecular complexity index is 1610. The summed E-state index contributed by atoms with van der Waals surface area (Å²) < 4.78 is 61.5. The predicted molar refractivity (Wildman–Crippen MR) is 194 cm³/mol. The molecular formula is C31H52N6O8S2Si2. The number of nitrogens with zero attached hydrogens (tertiary/aromatic N) is 5. The Morgan fingerprint density at radius 2 is 1.57 bits per heavy atom. The van der Waals surface area contributed by atoms with Crippen LogP contribution in [0.5, 0.6) is 0 Å². The second-order valence-electron chi connectivity index (χ2n) is 14.8. The smallest absolute Gasteiger partial charge is 0.335 e. The fourth-order valence-corrected chi connectivity index (χ4v) is 19.7. The Morgan fingerprint density at radius 3 is 2.14 bits per heavy atom. The van der Waals surface area contributed by atoms with Gasteiger partial charge in [0.05, 0.1) is 24.4 Å². The van der Waals surface area contributed by atoms with Gasteiger partial charge >= 0.3 is 17.1 Å². The third-order valence-corrected chi connectivity index (χ3v) is 22.1. The summed E-state index contributed by atoms with van der Waals surface area (Å²) in [4.78, 5) is 27.8. The van der Waals surface area contributed by atoms with Gasteiger partial charge in [-0.25, -0.2) is 23.4 Å². The number of ether oxygens (including phenoxy) is 2. The molecule has 3 aliphatic heterocycles. The van der Waals surface area contributed by atoms with Gasteiger partial charge in [0.2, 0.25) is 5.91 Å². The summed E-state index contributed by atoms with van der Waals surface area (Å²) in [6.07, 6.45) is 0.125. The lowest BCUT2D eigenvalue weighted by atomic mass is 10.1. The number of fused-ring (bicyclic) bond motifs is 2. The number of carbonyl (C=O) groups is 1. The Morgan fingerprint density at radius 1 is 0.959 bits per heavy atom. The van der Waals surface area contributed by atoms with E-state index in [0.29, 0.717) is 11.2 Å². The van der Waals surface area contributed by atoms with Crippen LogP contribution in [-0.4, -0.2) is 111 Å². The lowest BCUT2D eigenvalue weighted by molar-refractivity contribution is -0.118. The molecule has 3 saturated heterocycles. The molecule has 2 aromatic heterocycles. The van der Waals surface area contributed by atoms with Gasteiger partial charge in [0.1, 0.15) is 18.5 Å². The van der Waals surface area contributed by atoms with Gasteiger partial charge in [0, 0.05) is 19.0 Å². The van der Waals surface area contributed by atoms with Gasteiger partial charge in [-0.3, -0.25) is 9.36 Å². The van der Waals surface area contributed by atoms with Gasteiger partial charge in [-0.05, 0) is 34.4 Å². The second-order valence-corrected chi connectivity index (χ2v) is 26.3. The van der Waals surface area contributed by atoms with Gasteiger partial charge in [-0.2, -0.15) is 0 Å². The van der Waals surface area contributed by atoms with E-state index in [1.165, 1.54) is 6.33 Å². The number of nitrogens with one attached hydrogen (secondary N) is 1. The second kappa shape index (κ2) is 14.5. The van der Waals surface area contributed by atoms with Crippen LogP contribution in [0.25, 0.3) is 11.2 Å². The van der Waals surface area contributed by atoms with E-state index in [-0.39, 0.29) is 76.2 Å². The minimum absolute atomic E-state index is 0.00683. The number of sulfone groups is 1. The van der Waals surface area contributed by atoms with Crippen LogP contribution in [0.15, 0.2) is 12.7 Å². The molecule has 2 aromatic rings.